The molecular formula is C20H36N6O6. The molecule has 0 bridgehead atoms. The number of aliphatic carboxylic acids is 1. The van der Waals surface area contributed by atoms with Crippen molar-refractivity contribution in [1.82, 2.24) is 26.7 Å². The number of hydrogen-bond donors (Lipinski definition) is 6. The second-order valence-electron chi connectivity index (χ2n) is 7.89. The van der Waals surface area contributed by atoms with Gasteiger partial charge in [-0.2, -0.15) is 0 Å². The number of ether oxygens (including phenoxy) is 1. The van der Waals surface area contributed by atoms with Crippen molar-refractivity contribution >= 4 is 24.2 Å². The molecule has 3 unspecified atom stereocenters. The molecule has 0 radical (unpaired) electrons. The largest absolute Gasteiger partial charge is 0.478 e. The van der Waals surface area contributed by atoms with Crippen LogP contribution in [0.3, 0.4) is 0 Å². The predicted octanol–water partition coefficient (Wildman–Crippen LogP) is 0.201. The monoisotopic (exact) mass is 456 g/mol. The minimum absolute atomic E-state index is 0.00374. The molecule has 12 nitrogen and oxygen atoms in total. The smallest absolute Gasteiger partial charge is 0.409 e. The number of carbonyl (C=O) groups is 3. The third-order valence-corrected chi connectivity index (χ3v) is 5.18. The first-order chi connectivity index (χ1) is 15.4. The Labute approximate surface area is 188 Å². The van der Waals surface area contributed by atoms with E-state index in [9.17, 15) is 19.5 Å². The van der Waals surface area contributed by atoms with E-state index in [1.165, 1.54) is 0 Å². The molecule has 0 spiro atoms. The van der Waals surface area contributed by atoms with E-state index in [0.717, 1.165) is 19.4 Å². The van der Waals surface area contributed by atoms with Gasteiger partial charge in [0.05, 0.1) is 19.1 Å². The Balaban J connectivity index is 1.93. The zero-order valence-electron chi connectivity index (χ0n) is 18.7. The van der Waals surface area contributed by atoms with Crippen LogP contribution in [0.2, 0.25) is 0 Å². The van der Waals surface area contributed by atoms with Crippen molar-refractivity contribution in [2.24, 2.45) is 4.99 Å². The highest BCUT2D eigenvalue weighted by Crippen LogP contribution is 2.15. The van der Waals surface area contributed by atoms with Crippen LogP contribution >= 0.6 is 0 Å². The Kier molecular flexibility index (Phi) is 11.4. The molecule has 182 valence electrons. The van der Waals surface area contributed by atoms with Crippen LogP contribution in [0.25, 0.3) is 0 Å². The van der Waals surface area contributed by atoms with Crippen molar-refractivity contribution in [2.75, 3.05) is 26.2 Å². The molecule has 1 fully saturated rings. The summed E-state index contributed by atoms with van der Waals surface area (Å²) in [6, 6.07) is 0. The number of nitrogens with one attached hydrogen (secondary N) is 5. The van der Waals surface area contributed by atoms with Gasteiger partial charge in [0.15, 0.2) is 6.29 Å². The van der Waals surface area contributed by atoms with Crippen LogP contribution in [0, 0.1) is 0 Å². The lowest BCUT2D eigenvalue weighted by Gasteiger charge is -2.31. The van der Waals surface area contributed by atoms with Gasteiger partial charge in [-0.1, -0.05) is 13.3 Å². The van der Waals surface area contributed by atoms with Gasteiger partial charge in [0.1, 0.15) is 0 Å². The van der Waals surface area contributed by atoms with Crippen LogP contribution in [0.5, 0.6) is 0 Å². The summed E-state index contributed by atoms with van der Waals surface area (Å²) in [7, 11) is 0. The second kappa shape index (κ2) is 14.0. The molecule has 2 heterocycles. The number of carboxylic acids is 1. The fourth-order valence-electron chi connectivity index (χ4n) is 3.38. The van der Waals surface area contributed by atoms with Crippen LogP contribution in [0.15, 0.2) is 4.99 Å². The zero-order chi connectivity index (χ0) is 23.2. The summed E-state index contributed by atoms with van der Waals surface area (Å²) in [6.45, 7) is 4.19. The highest BCUT2D eigenvalue weighted by atomic mass is 16.7. The highest BCUT2D eigenvalue weighted by molar-refractivity contribution is 5.89. The van der Waals surface area contributed by atoms with Gasteiger partial charge in [-0.05, 0) is 38.6 Å². The molecule has 0 aromatic carbocycles. The summed E-state index contributed by atoms with van der Waals surface area (Å²) in [5.74, 6) is -1.87. The van der Waals surface area contributed by atoms with Gasteiger partial charge in [0.2, 0.25) is 11.6 Å². The second-order valence-corrected chi connectivity index (χ2v) is 7.89. The summed E-state index contributed by atoms with van der Waals surface area (Å²) >= 11 is 0. The fourth-order valence-corrected chi connectivity index (χ4v) is 3.38. The van der Waals surface area contributed by atoms with Gasteiger partial charge in [-0.15, -0.1) is 0 Å². The average molecular weight is 457 g/mol. The number of aliphatic imine (C=N–C) groups is 1. The van der Waals surface area contributed by atoms with E-state index in [4.69, 9.17) is 9.57 Å². The summed E-state index contributed by atoms with van der Waals surface area (Å²) in [6.07, 6.45) is 4.56. The maximum atomic E-state index is 12.5. The Bertz CT molecular complexity index is 642. The van der Waals surface area contributed by atoms with E-state index < -0.39 is 23.6 Å². The van der Waals surface area contributed by atoms with E-state index in [0.29, 0.717) is 38.8 Å². The first-order valence-corrected chi connectivity index (χ1v) is 11.3. The molecule has 2 aliphatic rings. The van der Waals surface area contributed by atoms with Crippen molar-refractivity contribution in [1.29, 1.82) is 0 Å². The molecule has 6 N–H and O–H groups in total. The summed E-state index contributed by atoms with van der Waals surface area (Å²) in [4.78, 5) is 46.5. The number of nitrogens with zero attached hydrogens (tertiary/aromatic N) is 1. The van der Waals surface area contributed by atoms with Crippen molar-refractivity contribution in [3.05, 3.63) is 0 Å². The van der Waals surface area contributed by atoms with Crippen LogP contribution in [-0.4, -0.2) is 73.6 Å². The SMILES string of the molecule is CCCCOC(=O)NC(CCCCNC1N=CCCN1)(NC(=O)CC1CCNO1)C(=O)O. The standard InChI is InChI=1S/C20H36N6O6/c1-2-3-13-31-19(30)26-20(17(28)29,25-16(27)14-15-7-12-24-32-15)8-4-5-9-21-18-22-10-6-11-23-18/h10,15,18,21,23-24H,2-9,11-14H2,1H3,(H,25,27)(H,26,30)(H,28,29). The van der Waals surface area contributed by atoms with E-state index in [-0.39, 0.29) is 31.8 Å². The van der Waals surface area contributed by atoms with E-state index in [1.807, 2.05) is 13.1 Å². The van der Waals surface area contributed by atoms with Gasteiger partial charge in [-0.25, -0.2) is 15.1 Å². The molecule has 12 heteroatoms. The molecule has 0 aliphatic carbocycles. The molecule has 32 heavy (non-hydrogen) atoms. The molecule has 2 amide bonds. The van der Waals surface area contributed by atoms with E-state index in [1.54, 1.807) is 0 Å². The first kappa shape index (κ1) is 26.0. The number of alkyl carbamates (subject to hydrolysis) is 1. The molecule has 3 atom stereocenters. The number of carboxylic acid groups (broad SMARTS) is 1. The number of carbonyl (C=O) groups excluding carboxylic acids is 2. The maximum absolute atomic E-state index is 12.5. The third-order valence-electron chi connectivity index (χ3n) is 5.18. The van der Waals surface area contributed by atoms with Crippen molar-refractivity contribution in [3.63, 3.8) is 0 Å². The van der Waals surface area contributed by atoms with Crippen LogP contribution in [0.1, 0.15) is 58.3 Å². The quantitative estimate of drug-likeness (QED) is 0.158. The van der Waals surface area contributed by atoms with Gasteiger partial charge in [-0.3, -0.25) is 30.6 Å². The Morgan fingerprint density at radius 1 is 1.25 bits per heavy atom. The Morgan fingerprint density at radius 3 is 2.75 bits per heavy atom. The highest BCUT2D eigenvalue weighted by Gasteiger charge is 2.42. The minimum Gasteiger partial charge on any atom is -0.478 e. The van der Waals surface area contributed by atoms with Gasteiger partial charge >= 0.3 is 12.1 Å². The predicted molar refractivity (Wildman–Crippen MR) is 117 cm³/mol. The number of rotatable bonds is 14. The Hall–Kier alpha value is -2.28. The lowest BCUT2D eigenvalue weighted by molar-refractivity contribution is -0.150. The maximum Gasteiger partial charge on any atom is 0.409 e. The lowest BCUT2D eigenvalue weighted by Crippen LogP contribution is -2.66. The zero-order valence-corrected chi connectivity index (χ0v) is 18.7. The number of hydroxylamine groups is 1. The molecule has 2 rings (SSSR count). The van der Waals surface area contributed by atoms with Crippen molar-refractivity contribution < 1.29 is 29.1 Å². The molecule has 0 aromatic heterocycles. The molecule has 0 aromatic rings. The topological polar surface area (TPSA) is 162 Å². The lowest BCUT2D eigenvalue weighted by atomic mass is 10.0. The number of amides is 2. The van der Waals surface area contributed by atoms with Crippen LogP contribution < -0.4 is 26.7 Å². The average Bonchev–Trinajstić information content (AvgIpc) is 3.27. The Morgan fingerprint density at radius 2 is 2.09 bits per heavy atom. The molecule has 2 aliphatic heterocycles. The van der Waals surface area contributed by atoms with E-state index >= 15 is 0 Å². The molecular weight excluding hydrogens is 420 g/mol. The van der Waals surface area contributed by atoms with Crippen LogP contribution in [-0.2, 0) is 19.2 Å². The van der Waals surface area contributed by atoms with E-state index in [2.05, 4.69) is 31.7 Å². The van der Waals surface area contributed by atoms with Gasteiger partial charge in [0.25, 0.3) is 0 Å². The summed E-state index contributed by atoms with van der Waals surface area (Å²) in [5, 5.41) is 21.3. The molecule has 0 saturated carbocycles. The fraction of sp³-hybridized carbons (Fsp3) is 0.800. The third kappa shape index (κ3) is 9.07. The summed E-state index contributed by atoms with van der Waals surface area (Å²) < 4.78 is 5.07. The van der Waals surface area contributed by atoms with Crippen molar-refractivity contribution in [2.45, 2.75) is 76.3 Å². The van der Waals surface area contributed by atoms with Gasteiger partial charge in [0, 0.05) is 25.7 Å². The van der Waals surface area contributed by atoms with Crippen LogP contribution in [0.4, 0.5) is 4.79 Å². The van der Waals surface area contributed by atoms with Crippen molar-refractivity contribution in [3.8, 4) is 0 Å². The minimum atomic E-state index is -1.96. The normalized spacial score (nSPS) is 22.2. The number of hydrogen-bond acceptors (Lipinski definition) is 9. The van der Waals surface area contributed by atoms with Gasteiger partial charge < -0.3 is 15.2 Å². The number of unbranched alkanes of at least 4 members (excludes halogenated alkanes) is 2. The first-order valence-electron chi connectivity index (χ1n) is 11.3. The molecule has 1 saturated heterocycles. The summed E-state index contributed by atoms with van der Waals surface area (Å²) in [5.41, 5.74) is 0.727.